The van der Waals surface area contributed by atoms with Crippen molar-refractivity contribution < 1.29 is 42.6 Å². The summed E-state index contributed by atoms with van der Waals surface area (Å²) in [6.45, 7) is 4.80. The summed E-state index contributed by atoms with van der Waals surface area (Å²) in [6, 6.07) is 15.1. The first-order chi connectivity index (χ1) is 27.2. The van der Waals surface area contributed by atoms with E-state index < -0.39 is 30.1 Å². The molecule has 3 aromatic carbocycles. The van der Waals surface area contributed by atoms with E-state index in [2.05, 4.69) is 11.4 Å². The van der Waals surface area contributed by atoms with Crippen molar-refractivity contribution in [1.82, 2.24) is 20.2 Å². The van der Waals surface area contributed by atoms with Gasteiger partial charge in [0.2, 0.25) is 5.88 Å². The molecule has 0 bridgehead atoms. The summed E-state index contributed by atoms with van der Waals surface area (Å²) in [6.07, 6.45) is 8.23. The second-order valence-corrected chi connectivity index (χ2v) is 14.2. The topological polar surface area (TPSA) is 134 Å². The van der Waals surface area contributed by atoms with Gasteiger partial charge in [-0.3, -0.25) is 9.69 Å². The number of urea groups is 1. The zero-order valence-electron chi connectivity index (χ0n) is 32.5. The number of esters is 1. The summed E-state index contributed by atoms with van der Waals surface area (Å²) in [5.74, 6) is 0.605. The summed E-state index contributed by atoms with van der Waals surface area (Å²) >= 11 is 0. The Morgan fingerprint density at radius 1 is 0.946 bits per heavy atom. The molecule has 1 fully saturated rings. The molecule has 0 radical (unpaired) electrons. The molecule has 13 heteroatoms. The van der Waals surface area contributed by atoms with E-state index in [4.69, 9.17) is 28.9 Å². The third-order valence-corrected chi connectivity index (χ3v) is 10.4. The van der Waals surface area contributed by atoms with Crippen LogP contribution in [0.1, 0.15) is 63.0 Å². The van der Waals surface area contributed by atoms with Crippen LogP contribution in [0.3, 0.4) is 0 Å². The Hall–Kier alpha value is -5.56. The van der Waals surface area contributed by atoms with Gasteiger partial charge in [-0.2, -0.15) is 4.98 Å². The van der Waals surface area contributed by atoms with Crippen molar-refractivity contribution in [3.8, 4) is 28.8 Å². The van der Waals surface area contributed by atoms with Gasteiger partial charge in [-0.05, 0) is 100 Å². The van der Waals surface area contributed by atoms with Gasteiger partial charge in [0.15, 0.2) is 18.0 Å². The number of nitrogens with zero attached hydrogens (tertiary/aromatic N) is 3. The maximum absolute atomic E-state index is 14.8. The van der Waals surface area contributed by atoms with E-state index in [0.29, 0.717) is 64.6 Å². The average Bonchev–Trinajstić information content (AvgIpc) is 3.63. The van der Waals surface area contributed by atoms with Crippen LogP contribution in [0, 0.1) is 12.7 Å². The van der Waals surface area contributed by atoms with Gasteiger partial charge in [-0.15, -0.1) is 0 Å². The molecule has 3 amide bonds. The van der Waals surface area contributed by atoms with Gasteiger partial charge in [0.25, 0.3) is 5.91 Å². The predicted molar refractivity (Wildman–Crippen MR) is 209 cm³/mol. The quantitative estimate of drug-likeness (QED) is 0.162. The number of fused-ring (bicyclic) bond motifs is 2. The number of carbonyl (C=O) groups excluding carboxylic acids is 3. The number of benzene rings is 3. The number of amides is 3. The van der Waals surface area contributed by atoms with Gasteiger partial charge in [0.05, 0.1) is 44.7 Å². The number of methoxy groups -OCH3 is 2. The number of halogens is 1. The minimum absolute atomic E-state index is 0.162. The summed E-state index contributed by atoms with van der Waals surface area (Å²) in [7, 11) is 3.19. The second-order valence-electron chi connectivity index (χ2n) is 14.2. The number of hydrogen-bond acceptors (Lipinski definition) is 9. The minimum Gasteiger partial charge on any atom is -0.497 e. The first kappa shape index (κ1) is 40.1. The van der Waals surface area contributed by atoms with Crippen molar-refractivity contribution in [1.29, 1.82) is 0 Å². The number of quaternary nitrogens is 1. The maximum atomic E-state index is 14.8. The third kappa shape index (κ3) is 9.62. The van der Waals surface area contributed by atoms with Crippen LogP contribution in [-0.2, 0) is 20.9 Å². The summed E-state index contributed by atoms with van der Waals surface area (Å²) in [5.41, 5.74) is 2.88. The lowest BCUT2D eigenvalue weighted by Gasteiger charge is -2.28. The Morgan fingerprint density at radius 2 is 1.71 bits per heavy atom. The number of aryl methyl sites for hydroxylation is 1. The van der Waals surface area contributed by atoms with Crippen LogP contribution in [0.25, 0.3) is 22.3 Å². The van der Waals surface area contributed by atoms with Crippen molar-refractivity contribution in [2.75, 3.05) is 33.9 Å². The molecule has 2 aliphatic heterocycles. The lowest BCUT2D eigenvalue weighted by Crippen LogP contribution is -3.19. The second kappa shape index (κ2) is 18.9. The van der Waals surface area contributed by atoms with E-state index in [-0.39, 0.29) is 37.3 Å². The zero-order chi connectivity index (χ0) is 39.6. The molecule has 296 valence electrons. The third-order valence-electron chi connectivity index (χ3n) is 10.4. The van der Waals surface area contributed by atoms with Crippen LogP contribution < -0.4 is 24.4 Å². The minimum atomic E-state index is -0.881. The average molecular weight is 769 g/mol. The molecule has 2 aliphatic rings. The highest BCUT2D eigenvalue weighted by Gasteiger charge is 2.48. The summed E-state index contributed by atoms with van der Waals surface area (Å²) < 4.78 is 36.9. The molecule has 0 aliphatic carbocycles. The molecule has 4 unspecified atom stereocenters. The number of rotatable bonds is 9. The highest BCUT2D eigenvalue weighted by atomic mass is 19.1. The first-order valence-electron chi connectivity index (χ1n) is 19.4. The van der Waals surface area contributed by atoms with Crippen molar-refractivity contribution in [2.24, 2.45) is 0 Å². The molecule has 4 aromatic rings. The van der Waals surface area contributed by atoms with Gasteiger partial charge < -0.3 is 24.3 Å². The summed E-state index contributed by atoms with van der Waals surface area (Å²) in [5, 5.41) is 3.57. The molecular formula is C43H51FN5O7+. The van der Waals surface area contributed by atoms with Gasteiger partial charge in [0, 0.05) is 17.7 Å². The number of allylic oxidation sites excluding steroid dienone is 2. The molecule has 0 spiro atoms. The number of hydrogen-bond donors (Lipinski definition) is 2. The van der Waals surface area contributed by atoms with E-state index >= 15 is 0 Å². The Morgan fingerprint density at radius 3 is 2.45 bits per heavy atom. The van der Waals surface area contributed by atoms with Crippen LogP contribution in [0.15, 0.2) is 72.8 Å². The molecule has 3 heterocycles. The fraction of sp³-hybridized carbons (Fsp3) is 0.419. The van der Waals surface area contributed by atoms with Crippen LogP contribution >= 0.6 is 0 Å². The van der Waals surface area contributed by atoms with Gasteiger partial charge >= 0.3 is 12.0 Å². The molecule has 1 saturated heterocycles. The predicted octanol–water partition coefficient (Wildman–Crippen LogP) is 5.75. The van der Waals surface area contributed by atoms with E-state index in [1.807, 2.05) is 54.3 Å². The molecule has 2 N–H and O–H groups in total. The Kier molecular flexibility index (Phi) is 13.5. The molecule has 6 rings (SSSR count). The monoisotopic (exact) mass is 768 g/mol. The van der Waals surface area contributed by atoms with Crippen LogP contribution in [0.5, 0.6) is 17.4 Å². The Bertz CT molecular complexity index is 2020. The van der Waals surface area contributed by atoms with Gasteiger partial charge in [-0.1, -0.05) is 30.7 Å². The Labute approximate surface area is 327 Å². The summed E-state index contributed by atoms with van der Waals surface area (Å²) in [4.78, 5) is 54.0. The molecule has 1 aromatic heterocycles. The van der Waals surface area contributed by atoms with Crippen molar-refractivity contribution in [3.05, 3.63) is 89.8 Å². The molecule has 0 saturated carbocycles. The van der Waals surface area contributed by atoms with E-state index in [9.17, 15) is 18.8 Å². The van der Waals surface area contributed by atoms with Crippen LogP contribution in [0.4, 0.5) is 9.18 Å². The Balaban J connectivity index is 1.37. The number of ether oxygens (including phenoxy) is 4. The smallest absolute Gasteiger partial charge is 0.418 e. The molecular weight excluding hydrogens is 717 g/mol. The van der Waals surface area contributed by atoms with Crippen LogP contribution in [0.2, 0.25) is 0 Å². The van der Waals surface area contributed by atoms with E-state index in [1.165, 1.54) is 12.1 Å². The largest absolute Gasteiger partial charge is 0.497 e. The van der Waals surface area contributed by atoms with Crippen LogP contribution in [-0.4, -0.2) is 84.9 Å². The molecule has 12 nitrogen and oxygen atoms in total. The van der Waals surface area contributed by atoms with E-state index in [0.717, 1.165) is 36.8 Å². The first-order valence-corrected chi connectivity index (χ1v) is 19.4. The molecule has 4 atom stereocenters. The molecule has 56 heavy (non-hydrogen) atoms. The lowest BCUT2D eigenvalue weighted by atomic mass is 10.1. The highest BCUT2D eigenvalue weighted by molar-refractivity contribution is 5.90. The highest BCUT2D eigenvalue weighted by Crippen LogP contribution is 2.34. The standard InChI is InChI=1S/C43H50FN5O7/c1-5-55-42(51)35-13-11-9-7-6-8-10-12-24-48(26-29-14-20-32(53-3)21-15-29)43(52)49-27-33(25-36(49)40(50)45-35)56-41-34-22-23-37(54-4)28(2)38(34)46-39(47-41)30-16-18-31(44)19-17-30/h7,9,14-23,33,35-36H,5-6,8,10-13,24-27H2,1-4H3,(H,45,50)/p+1. The van der Waals surface area contributed by atoms with Crippen molar-refractivity contribution in [3.63, 3.8) is 0 Å². The fourth-order valence-electron chi connectivity index (χ4n) is 7.36. The van der Waals surface area contributed by atoms with Crippen molar-refractivity contribution >= 4 is 28.8 Å². The zero-order valence-corrected chi connectivity index (χ0v) is 32.5. The number of carbonyl (C=O) groups is 3. The van der Waals surface area contributed by atoms with Crippen molar-refractivity contribution in [2.45, 2.75) is 83.5 Å². The fourth-order valence-corrected chi connectivity index (χ4v) is 7.36. The normalized spacial score (nSPS) is 21.0. The SMILES string of the molecule is CCOC(=O)C1CCC=CCCCCCN(Cc2ccc(OC)cc2)C(=O)[NH+]2CC(Oc3nc(-c4ccc(F)cc4)nc4c(C)c(OC)ccc34)CC2C(=O)N1. The van der Waals surface area contributed by atoms with E-state index in [1.54, 1.807) is 33.3 Å². The number of aromatic nitrogens is 2. The maximum Gasteiger partial charge on any atom is 0.418 e. The van der Waals surface area contributed by atoms with Gasteiger partial charge in [-0.25, -0.2) is 23.9 Å². The lowest BCUT2D eigenvalue weighted by molar-refractivity contribution is -0.824. The number of nitrogens with one attached hydrogen (secondary N) is 2. The van der Waals surface area contributed by atoms with Gasteiger partial charge in [0.1, 0.15) is 29.9 Å².